The average Bonchev–Trinajstić information content (AvgIpc) is 2.37. The van der Waals surface area contributed by atoms with Crippen LogP contribution in [0, 0.1) is 0 Å². The lowest BCUT2D eigenvalue weighted by Crippen LogP contribution is -2.35. The monoisotopic (exact) mass is 291 g/mol. The second-order valence-electron chi connectivity index (χ2n) is 5.51. The molecule has 1 aromatic heterocycles. The smallest absolute Gasteiger partial charge is 0.237 e. The maximum absolute atomic E-state index is 5.90. The molecule has 2 rings (SSSR count). The summed E-state index contributed by atoms with van der Waals surface area (Å²) in [6, 6.07) is 7.18. The van der Waals surface area contributed by atoms with E-state index < -0.39 is 0 Å². The minimum Gasteiger partial charge on any atom is -0.437 e. The fourth-order valence-corrected chi connectivity index (χ4v) is 1.67. The highest BCUT2D eigenvalue weighted by Gasteiger charge is 2.09. The Hall–Kier alpha value is -1.65. The third kappa shape index (κ3) is 4.79. The van der Waals surface area contributed by atoms with Gasteiger partial charge in [-0.05, 0) is 39.0 Å². The van der Waals surface area contributed by atoms with E-state index in [0.29, 0.717) is 23.2 Å². The van der Waals surface area contributed by atoms with Crippen LogP contribution in [0.2, 0.25) is 5.02 Å². The van der Waals surface area contributed by atoms with Gasteiger partial charge in [0.1, 0.15) is 5.75 Å². The molecule has 2 aromatic rings. The summed E-state index contributed by atoms with van der Waals surface area (Å²) in [4.78, 5) is 8.55. The van der Waals surface area contributed by atoms with Crippen LogP contribution < -0.4 is 10.1 Å². The maximum Gasteiger partial charge on any atom is 0.237 e. The molecule has 0 unspecified atom stereocenters. The number of aromatic nitrogens is 2. The molecular weight excluding hydrogens is 274 g/mol. The van der Waals surface area contributed by atoms with E-state index in [0.717, 1.165) is 5.69 Å². The SMILES string of the molecule is CC(C)(C)NCc1cnc(Oc2cccc(Cl)c2)cn1. The highest BCUT2D eigenvalue weighted by Crippen LogP contribution is 2.22. The Labute approximate surface area is 124 Å². The molecule has 0 aliphatic rings. The largest absolute Gasteiger partial charge is 0.437 e. The minimum absolute atomic E-state index is 0.0532. The summed E-state index contributed by atoms with van der Waals surface area (Å²) >= 11 is 5.90. The molecule has 0 aliphatic heterocycles. The number of benzene rings is 1. The van der Waals surface area contributed by atoms with Gasteiger partial charge >= 0.3 is 0 Å². The zero-order valence-electron chi connectivity index (χ0n) is 11.9. The number of nitrogens with zero attached hydrogens (tertiary/aromatic N) is 2. The van der Waals surface area contributed by atoms with Crippen molar-refractivity contribution in [3.05, 3.63) is 47.4 Å². The molecular formula is C15H18ClN3O. The van der Waals surface area contributed by atoms with Crippen LogP contribution in [0.3, 0.4) is 0 Å². The highest BCUT2D eigenvalue weighted by molar-refractivity contribution is 6.30. The number of halogens is 1. The fraction of sp³-hybridized carbons (Fsp3) is 0.333. The molecule has 0 fully saturated rings. The molecule has 0 saturated carbocycles. The summed E-state index contributed by atoms with van der Waals surface area (Å²) in [6.07, 6.45) is 3.32. The van der Waals surface area contributed by atoms with Crippen LogP contribution in [-0.4, -0.2) is 15.5 Å². The third-order valence-corrected chi connectivity index (χ3v) is 2.74. The summed E-state index contributed by atoms with van der Waals surface area (Å²) in [6.45, 7) is 7.00. The molecule has 0 radical (unpaired) electrons. The van der Waals surface area contributed by atoms with Crippen molar-refractivity contribution in [1.82, 2.24) is 15.3 Å². The van der Waals surface area contributed by atoms with Gasteiger partial charge in [0.2, 0.25) is 5.88 Å². The van der Waals surface area contributed by atoms with E-state index in [1.807, 2.05) is 12.1 Å². The zero-order chi connectivity index (χ0) is 14.6. The van der Waals surface area contributed by atoms with Crippen molar-refractivity contribution >= 4 is 11.6 Å². The molecule has 20 heavy (non-hydrogen) atoms. The van der Waals surface area contributed by atoms with Crippen molar-refractivity contribution in [2.75, 3.05) is 0 Å². The van der Waals surface area contributed by atoms with Gasteiger partial charge in [-0.25, -0.2) is 4.98 Å². The van der Waals surface area contributed by atoms with Crippen LogP contribution in [0.25, 0.3) is 0 Å². The van der Waals surface area contributed by atoms with E-state index in [2.05, 4.69) is 36.1 Å². The van der Waals surface area contributed by atoms with Crippen molar-refractivity contribution in [1.29, 1.82) is 0 Å². The highest BCUT2D eigenvalue weighted by atomic mass is 35.5. The van der Waals surface area contributed by atoms with Gasteiger partial charge in [-0.15, -0.1) is 0 Å². The number of hydrogen-bond acceptors (Lipinski definition) is 4. The summed E-state index contributed by atoms with van der Waals surface area (Å²) in [7, 11) is 0. The second kappa shape index (κ2) is 6.20. The average molecular weight is 292 g/mol. The van der Waals surface area contributed by atoms with Crippen molar-refractivity contribution in [2.45, 2.75) is 32.9 Å². The van der Waals surface area contributed by atoms with Crippen molar-refractivity contribution < 1.29 is 4.74 Å². The van der Waals surface area contributed by atoms with E-state index in [-0.39, 0.29) is 5.54 Å². The lowest BCUT2D eigenvalue weighted by atomic mass is 10.1. The van der Waals surface area contributed by atoms with Gasteiger partial charge in [0, 0.05) is 17.1 Å². The van der Waals surface area contributed by atoms with Crippen LogP contribution in [0.1, 0.15) is 26.5 Å². The first kappa shape index (κ1) is 14.8. The van der Waals surface area contributed by atoms with E-state index in [1.165, 1.54) is 0 Å². The van der Waals surface area contributed by atoms with E-state index in [4.69, 9.17) is 16.3 Å². The van der Waals surface area contributed by atoms with Crippen molar-refractivity contribution in [3.8, 4) is 11.6 Å². The molecule has 1 aromatic carbocycles. The number of ether oxygens (including phenoxy) is 1. The number of nitrogens with one attached hydrogen (secondary N) is 1. The first-order valence-corrected chi connectivity index (χ1v) is 6.79. The first-order chi connectivity index (χ1) is 9.42. The topological polar surface area (TPSA) is 47.0 Å². The van der Waals surface area contributed by atoms with Gasteiger partial charge < -0.3 is 10.1 Å². The standard InChI is InChI=1S/C15H18ClN3O/c1-15(2,3)19-9-12-8-18-14(10-17-12)20-13-6-4-5-11(16)7-13/h4-8,10,19H,9H2,1-3H3. The summed E-state index contributed by atoms with van der Waals surface area (Å²) in [5, 5.41) is 3.98. The molecule has 1 heterocycles. The Bertz CT molecular complexity index is 564. The maximum atomic E-state index is 5.90. The van der Waals surface area contributed by atoms with Crippen molar-refractivity contribution in [3.63, 3.8) is 0 Å². The van der Waals surface area contributed by atoms with E-state index >= 15 is 0 Å². The molecule has 0 saturated heterocycles. The van der Waals surface area contributed by atoms with Gasteiger partial charge in [-0.1, -0.05) is 17.7 Å². The zero-order valence-corrected chi connectivity index (χ0v) is 12.6. The van der Waals surface area contributed by atoms with Crippen LogP contribution in [0.5, 0.6) is 11.6 Å². The van der Waals surface area contributed by atoms with Gasteiger partial charge in [0.05, 0.1) is 18.1 Å². The lowest BCUT2D eigenvalue weighted by Gasteiger charge is -2.19. The Balaban J connectivity index is 1.98. The Morgan fingerprint density at radius 2 is 2.00 bits per heavy atom. The number of hydrogen-bond donors (Lipinski definition) is 1. The van der Waals surface area contributed by atoms with Crippen molar-refractivity contribution in [2.24, 2.45) is 0 Å². The Morgan fingerprint density at radius 3 is 2.60 bits per heavy atom. The van der Waals surface area contributed by atoms with Gasteiger partial charge in [-0.2, -0.15) is 0 Å². The molecule has 5 heteroatoms. The quantitative estimate of drug-likeness (QED) is 0.930. The lowest BCUT2D eigenvalue weighted by molar-refractivity contribution is 0.418. The molecule has 0 spiro atoms. The predicted octanol–water partition coefficient (Wildman–Crippen LogP) is 3.81. The minimum atomic E-state index is 0.0532. The molecule has 1 N–H and O–H groups in total. The molecule has 106 valence electrons. The van der Waals surface area contributed by atoms with Gasteiger partial charge in [0.25, 0.3) is 0 Å². The Kier molecular flexibility index (Phi) is 4.57. The van der Waals surface area contributed by atoms with Gasteiger partial charge in [0.15, 0.2) is 0 Å². The van der Waals surface area contributed by atoms with Crippen LogP contribution in [0.4, 0.5) is 0 Å². The van der Waals surface area contributed by atoms with Crippen LogP contribution in [0.15, 0.2) is 36.7 Å². The van der Waals surface area contributed by atoms with E-state index in [9.17, 15) is 0 Å². The van der Waals surface area contributed by atoms with E-state index in [1.54, 1.807) is 24.5 Å². The summed E-state index contributed by atoms with van der Waals surface area (Å²) < 4.78 is 5.58. The molecule has 0 aliphatic carbocycles. The number of rotatable bonds is 4. The fourth-order valence-electron chi connectivity index (χ4n) is 1.49. The third-order valence-electron chi connectivity index (χ3n) is 2.50. The summed E-state index contributed by atoms with van der Waals surface area (Å²) in [5.41, 5.74) is 0.927. The molecule has 4 nitrogen and oxygen atoms in total. The second-order valence-corrected chi connectivity index (χ2v) is 5.95. The Morgan fingerprint density at radius 1 is 1.20 bits per heavy atom. The predicted molar refractivity (Wildman–Crippen MR) is 80.2 cm³/mol. The normalized spacial score (nSPS) is 11.4. The summed E-state index contributed by atoms with van der Waals surface area (Å²) in [5.74, 6) is 1.10. The first-order valence-electron chi connectivity index (χ1n) is 6.42. The van der Waals surface area contributed by atoms with Gasteiger partial charge in [-0.3, -0.25) is 4.98 Å². The molecule has 0 atom stereocenters. The molecule has 0 amide bonds. The molecule has 0 bridgehead atoms. The van der Waals surface area contributed by atoms with Crippen LogP contribution >= 0.6 is 11.6 Å². The van der Waals surface area contributed by atoms with Crippen LogP contribution in [-0.2, 0) is 6.54 Å².